The van der Waals surface area contributed by atoms with Gasteiger partial charge in [-0.3, -0.25) is 0 Å². The van der Waals surface area contributed by atoms with E-state index in [-0.39, 0.29) is 12.5 Å². The van der Waals surface area contributed by atoms with Crippen LogP contribution in [0.5, 0.6) is 0 Å². The fraction of sp³-hybridized carbons (Fsp3) is 0.750. The summed E-state index contributed by atoms with van der Waals surface area (Å²) in [5.41, 5.74) is -0.826. The summed E-state index contributed by atoms with van der Waals surface area (Å²) >= 11 is 0. The van der Waals surface area contributed by atoms with E-state index in [0.717, 1.165) is 12.8 Å². The van der Waals surface area contributed by atoms with Gasteiger partial charge < -0.3 is 10.2 Å². The zero-order valence-corrected chi connectivity index (χ0v) is 11.6. The van der Waals surface area contributed by atoms with Gasteiger partial charge in [-0.15, -0.1) is 0 Å². The number of unbranched alkanes of at least 4 members (excludes halogenated alkanes) is 6. The van der Waals surface area contributed by atoms with E-state index in [4.69, 9.17) is 0 Å². The Labute approximate surface area is 111 Å². The molecule has 0 aromatic carbocycles. The molecule has 0 saturated carbocycles. The standard InChI is InChI=1S/C16H28O2/c1-2-3-4-5-6-7-9-12-16(18)13-10-8-11-15(16)14-17/h8,10-11,13,15,17-18H,2-7,9,12,14H2,1H3. The van der Waals surface area contributed by atoms with Crippen molar-refractivity contribution in [1.29, 1.82) is 0 Å². The third-order valence-corrected chi connectivity index (χ3v) is 3.86. The summed E-state index contributed by atoms with van der Waals surface area (Å²) in [4.78, 5) is 0. The Morgan fingerprint density at radius 2 is 1.67 bits per heavy atom. The first-order valence-electron chi connectivity index (χ1n) is 7.42. The van der Waals surface area contributed by atoms with Crippen molar-refractivity contribution >= 4 is 0 Å². The summed E-state index contributed by atoms with van der Waals surface area (Å²) in [5.74, 6) is -0.136. The summed E-state index contributed by atoms with van der Waals surface area (Å²) in [6.45, 7) is 2.25. The van der Waals surface area contributed by atoms with Gasteiger partial charge in [0, 0.05) is 5.92 Å². The maximum absolute atomic E-state index is 10.5. The van der Waals surface area contributed by atoms with Crippen LogP contribution >= 0.6 is 0 Å². The zero-order chi connectivity index (χ0) is 13.3. The second-order valence-electron chi connectivity index (χ2n) is 5.40. The lowest BCUT2D eigenvalue weighted by Crippen LogP contribution is -2.38. The molecule has 0 aromatic rings. The molecule has 104 valence electrons. The van der Waals surface area contributed by atoms with Gasteiger partial charge in [0.15, 0.2) is 0 Å². The predicted octanol–water partition coefficient (Wildman–Crippen LogP) is 3.59. The molecule has 0 bridgehead atoms. The van der Waals surface area contributed by atoms with Gasteiger partial charge in [0.25, 0.3) is 0 Å². The highest BCUT2D eigenvalue weighted by molar-refractivity contribution is 5.21. The largest absolute Gasteiger partial charge is 0.396 e. The van der Waals surface area contributed by atoms with Crippen molar-refractivity contribution in [3.8, 4) is 0 Å². The van der Waals surface area contributed by atoms with Crippen molar-refractivity contribution < 1.29 is 10.2 Å². The minimum atomic E-state index is -0.826. The van der Waals surface area contributed by atoms with Crippen molar-refractivity contribution in [2.45, 2.75) is 63.9 Å². The summed E-state index contributed by atoms with van der Waals surface area (Å²) in [5, 5.41) is 19.8. The van der Waals surface area contributed by atoms with Crippen molar-refractivity contribution in [2.75, 3.05) is 6.61 Å². The Hall–Kier alpha value is -0.600. The van der Waals surface area contributed by atoms with Gasteiger partial charge in [-0.2, -0.15) is 0 Å². The van der Waals surface area contributed by atoms with Gasteiger partial charge in [-0.1, -0.05) is 76.2 Å². The third-order valence-electron chi connectivity index (χ3n) is 3.86. The Bertz CT molecular complexity index is 270. The van der Waals surface area contributed by atoms with Gasteiger partial charge in [-0.05, 0) is 6.42 Å². The number of allylic oxidation sites excluding steroid dienone is 2. The molecule has 0 spiro atoms. The van der Waals surface area contributed by atoms with Gasteiger partial charge in [0.2, 0.25) is 0 Å². The first kappa shape index (κ1) is 15.5. The number of rotatable bonds is 9. The Morgan fingerprint density at radius 1 is 1.00 bits per heavy atom. The summed E-state index contributed by atoms with van der Waals surface area (Å²) in [6, 6.07) is 0. The van der Waals surface area contributed by atoms with E-state index in [0.29, 0.717) is 0 Å². The molecule has 0 aromatic heterocycles. The van der Waals surface area contributed by atoms with Crippen molar-refractivity contribution in [1.82, 2.24) is 0 Å². The minimum Gasteiger partial charge on any atom is -0.396 e. The summed E-state index contributed by atoms with van der Waals surface area (Å²) in [6.07, 6.45) is 17.0. The second-order valence-corrected chi connectivity index (χ2v) is 5.40. The van der Waals surface area contributed by atoms with Crippen LogP contribution in [0.3, 0.4) is 0 Å². The highest BCUT2D eigenvalue weighted by Gasteiger charge is 2.32. The highest BCUT2D eigenvalue weighted by Crippen LogP contribution is 2.29. The van der Waals surface area contributed by atoms with Crippen LogP contribution in [-0.4, -0.2) is 22.4 Å². The number of aliphatic hydroxyl groups is 2. The smallest absolute Gasteiger partial charge is 0.0915 e. The van der Waals surface area contributed by atoms with Crippen LogP contribution in [0.15, 0.2) is 24.3 Å². The summed E-state index contributed by atoms with van der Waals surface area (Å²) in [7, 11) is 0. The van der Waals surface area contributed by atoms with Gasteiger partial charge >= 0.3 is 0 Å². The molecule has 1 rings (SSSR count). The van der Waals surface area contributed by atoms with Crippen LogP contribution < -0.4 is 0 Å². The van der Waals surface area contributed by atoms with Crippen LogP contribution in [0.25, 0.3) is 0 Å². The molecule has 0 saturated heterocycles. The highest BCUT2D eigenvalue weighted by atomic mass is 16.3. The average Bonchev–Trinajstić information content (AvgIpc) is 2.38. The Balaban J connectivity index is 2.17. The molecule has 0 heterocycles. The quantitative estimate of drug-likeness (QED) is 0.616. The molecule has 1 aliphatic carbocycles. The molecule has 2 nitrogen and oxygen atoms in total. The van der Waals surface area contributed by atoms with Crippen LogP contribution in [0, 0.1) is 5.92 Å². The second kappa shape index (κ2) is 8.49. The van der Waals surface area contributed by atoms with Crippen LogP contribution in [0.2, 0.25) is 0 Å². The molecule has 2 heteroatoms. The molecule has 18 heavy (non-hydrogen) atoms. The van der Waals surface area contributed by atoms with Gasteiger partial charge in [0.05, 0.1) is 12.2 Å². The molecule has 2 N–H and O–H groups in total. The molecular formula is C16H28O2. The van der Waals surface area contributed by atoms with Gasteiger partial charge in [0.1, 0.15) is 0 Å². The van der Waals surface area contributed by atoms with E-state index >= 15 is 0 Å². The van der Waals surface area contributed by atoms with Crippen molar-refractivity contribution in [2.24, 2.45) is 5.92 Å². The molecule has 2 unspecified atom stereocenters. The maximum atomic E-state index is 10.5. The molecule has 2 atom stereocenters. The van der Waals surface area contributed by atoms with E-state index in [1.807, 2.05) is 24.3 Å². The fourth-order valence-electron chi connectivity index (χ4n) is 2.56. The fourth-order valence-corrected chi connectivity index (χ4v) is 2.56. The van der Waals surface area contributed by atoms with Crippen molar-refractivity contribution in [3.05, 3.63) is 24.3 Å². The first-order chi connectivity index (χ1) is 8.73. The van der Waals surface area contributed by atoms with E-state index in [1.54, 1.807) is 0 Å². The Morgan fingerprint density at radius 3 is 2.33 bits per heavy atom. The average molecular weight is 252 g/mol. The van der Waals surface area contributed by atoms with Crippen LogP contribution in [0.4, 0.5) is 0 Å². The molecule has 0 radical (unpaired) electrons. The molecule has 0 aliphatic heterocycles. The molecular weight excluding hydrogens is 224 g/mol. The van der Waals surface area contributed by atoms with E-state index in [2.05, 4.69) is 6.92 Å². The topological polar surface area (TPSA) is 40.5 Å². The summed E-state index contributed by atoms with van der Waals surface area (Å²) < 4.78 is 0. The van der Waals surface area contributed by atoms with E-state index < -0.39 is 5.60 Å². The lowest BCUT2D eigenvalue weighted by atomic mass is 9.80. The molecule has 1 aliphatic rings. The predicted molar refractivity (Wildman–Crippen MR) is 76.4 cm³/mol. The lowest BCUT2D eigenvalue weighted by molar-refractivity contribution is 0.0120. The minimum absolute atomic E-state index is 0.0217. The number of aliphatic hydroxyl groups excluding tert-OH is 1. The lowest BCUT2D eigenvalue weighted by Gasteiger charge is -2.32. The van der Waals surface area contributed by atoms with Gasteiger partial charge in [-0.25, -0.2) is 0 Å². The normalized spacial score (nSPS) is 26.7. The third kappa shape index (κ3) is 4.95. The monoisotopic (exact) mass is 252 g/mol. The number of hydrogen-bond acceptors (Lipinski definition) is 2. The van der Waals surface area contributed by atoms with Crippen LogP contribution in [0.1, 0.15) is 58.3 Å². The van der Waals surface area contributed by atoms with E-state index in [9.17, 15) is 10.2 Å². The number of hydrogen-bond donors (Lipinski definition) is 2. The van der Waals surface area contributed by atoms with Crippen LogP contribution in [-0.2, 0) is 0 Å². The SMILES string of the molecule is CCCCCCCCCC1(O)C=CC=CC1CO. The maximum Gasteiger partial charge on any atom is 0.0915 e. The first-order valence-corrected chi connectivity index (χ1v) is 7.42. The molecule has 0 fully saturated rings. The zero-order valence-electron chi connectivity index (χ0n) is 11.6. The van der Waals surface area contributed by atoms with Crippen molar-refractivity contribution in [3.63, 3.8) is 0 Å². The molecule has 0 amide bonds. The van der Waals surface area contributed by atoms with E-state index in [1.165, 1.54) is 38.5 Å². The Kier molecular flexibility index (Phi) is 7.29.